The molecule has 0 bridgehead atoms. The Hall–Kier alpha value is -2.44. The van der Waals surface area contributed by atoms with Gasteiger partial charge < -0.3 is 29.2 Å². The van der Waals surface area contributed by atoms with Crippen molar-refractivity contribution in [3.63, 3.8) is 0 Å². The van der Waals surface area contributed by atoms with Gasteiger partial charge in [-0.05, 0) is 24.3 Å². The van der Waals surface area contributed by atoms with Crippen molar-refractivity contribution >= 4 is 0 Å². The highest BCUT2D eigenvalue weighted by Gasteiger charge is 2.22. The Morgan fingerprint density at radius 3 is 1.52 bits per heavy atom. The molecule has 6 nitrogen and oxygen atoms in total. The maximum atomic E-state index is 8.82. The molecule has 6 heteroatoms. The van der Waals surface area contributed by atoms with Gasteiger partial charge in [-0.2, -0.15) is 0 Å². The van der Waals surface area contributed by atoms with Gasteiger partial charge in [0, 0.05) is 26.0 Å². The van der Waals surface area contributed by atoms with E-state index >= 15 is 0 Å². The first kappa shape index (κ1) is 18.9. The van der Waals surface area contributed by atoms with Crippen molar-refractivity contribution in [3.05, 3.63) is 48.5 Å². The van der Waals surface area contributed by atoms with Gasteiger partial charge in [-0.3, -0.25) is 0 Å². The predicted molar refractivity (Wildman–Crippen MR) is 93.4 cm³/mol. The van der Waals surface area contributed by atoms with Crippen LogP contribution in [-0.2, 0) is 0 Å². The summed E-state index contributed by atoms with van der Waals surface area (Å²) in [6.07, 6.45) is 0. The molecule has 0 radical (unpaired) electrons. The molecule has 0 aromatic heterocycles. The largest absolute Gasteiger partial charge is 0.491 e. The molecule has 0 aliphatic rings. The molecule has 2 rings (SSSR count). The van der Waals surface area contributed by atoms with E-state index in [0.717, 1.165) is 0 Å². The predicted octanol–water partition coefficient (Wildman–Crippen LogP) is 2.62. The van der Waals surface area contributed by atoms with Crippen LogP contribution in [-0.4, -0.2) is 42.4 Å². The Kier molecular flexibility index (Phi) is 6.91. The van der Waals surface area contributed by atoms with Gasteiger partial charge in [-0.25, -0.2) is 0 Å². The molecule has 0 atom stereocenters. The topological polar surface area (TPSA) is 77.4 Å². The lowest BCUT2D eigenvalue weighted by Crippen LogP contribution is -2.35. The first-order valence-corrected chi connectivity index (χ1v) is 8.08. The molecule has 0 fully saturated rings. The molecule has 0 aliphatic heterocycles. The zero-order valence-corrected chi connectivity index (χ0v) is 14.5. The van der Waals surface area contributed by atoms with Crippen LogP contribution < -0.4 is 18.9 Å². The summed E-state index contributed by atoms with van der Waals surface area (Å²) < 4.78 is 22.6. The Morgan fingerprint density at radius 2 is 1.12 bits per heavy atom. The van der Waals surface area contributed by atoms with Crippen LogP contribution in [0.5, 0.6) is 23.0 Å². The first-order valence-electron chi connectivity index (χ1n) is 8.08. The highest BCUT2D eigenvalue weighted by atomic mass is 16.7. The van der Waals surface area contributed by atoms with Gasteiger partial charge in [0.05, 0.1) is 13.2 Å². The molecule has 0 spiro atoms. The second-order valence-electron chi connectivity index (χ2n) is 5.70. The molecule has 0 saturated carbocycles. The first-order chi connectivity index (χ1) is 12.0. The second kappa shape index (κ2) is 9.15. The smallest absolute Gasteiger partial charge is 0.245 e. The van der Waals surface area contributed by atoms with Gasteiger partial charge in [0.15, 0.2) is 0 Å². The minimum atomic E-state index is -0.925. The molecule has 25 heavy (non-hydrogen) atoms. The van der Waals surface area contributed by atoms with Crippen LogP contribution in [0.4, 0.5) is 0 Å². The zero-order valence-electron chi connectivity index (χ0n) is 14.5. The van der Waals surface area contributed by atoms with Gasteiger partial charge in [0.1, 0.15) is 36.2 Å². The highest BCUT2D eigenvalue weighted by molar-refractivity contribution is 5.35. The molecular weight excluding hydrogens is 324 g/mol. The van der Waals surface area contributed by atoms with E-state index in [0.29, 0.717) is 23.0 Å². The van der Waals surface area contributed by atoms with E-state index in [1.807, 2.05) is 12.1 Å². The quantitative estimate of drug-likeness (QED) is 0.643. The van der Waals surface area contributed by atoms with Crippen LogP contribution in [0.3, 0.4) is 0 Å². The second-order valence-corrected chi connectivity index (χ2v) is 5.70. The molecule has 0 saturated heterocycles. The number of aliphatic hydroxyl groups is 2. The summed E-state index contributed by atoms with van der Waals surface area (Å²) in [4.78, 5) is 0. The lowest BCUT2D eigenvalue weighted by molar-refractivity contribution is -0.0811. The zero-order chi connectivity index (χ0) is 18.1. The maximum Gasteiger partial charge on any atom is 0.245 e. The highest BCUT2D eigenvalue weighted by Crippen LogP contribution is 2.27. The Labute approximate surface area is 147 Å². The molecule has 136 valence electrons. The molecule has 2 aromatic rings. The van der Waals surface area contributed by atoms with E-state index in [-0.39, 0.29) is 26.4 Å². The number of hydrogen-bond donors (Lipinski definition) is 2. The van der Waals surface area contributed by atoms with Gasteiger partial charge in [-0.15, -0.1) is 0 Å². The Bertz CT molecular complexity index is 600. The van der Waals surface area contributed by atoms with Gasteiger partial charge >= 0.3 is 0 Å². The monoisotopic (exact) mass is 348 g/mol. The van der Waals surface area contributed by atoms with E-state index in [1.54, 1.807) is 50.2 Å². The number of ether oxygens (including phenoxy) is 4. The summed E-state index contributed by atoms with van der Waals surface area (Å²) >= 11 is 0. The van der Waals surface area contributed by atoms with Crippen molar-refractivity contribution in [2.75, 3.05) is 26.4 Å². The van der Waals surface area contributed by atoms with Crippen molar-refractivity contribution in [1.82, 2.24) is 0 Å². The number of aliphatic hydroxyl groups excluding tert-OH is 2. The average Bonchev–Trinajstić information content (AvgIpc) is 2.58. The molecule has 0 heterocycles. The van der Waals surface area contributed by atoms with E-state index in [9.17, 15) is 0 Å². The summed E-state index contributed by atoms with van der Waals surface area (Å²) in [6.45, 7) is 3.96. The fraction of sp³-hybridized carbons (Fsp3) is 0.368. The fourth-order valence-corrected chi connectivity index (χ4v) is 2.17. The van der Waals surface area contributed by atoms with Crippen LogP contribution >= 0.6 is 0 Å². The van der Waals surface area contributed by atoms with E-state index < -0.39 is 5.79 Å². The normalized spacial score (nSPS) is 11.0. The van der Waals surface area contributed by atoms with Crippen LogP contribution in [0.25, 0.3) is 0 Å². The fourth-order valence-electron chi connectivity index (χ4n) is 2.17. The number of benzene rings is 2. The van der Waals surface area contributed by atoms with Crippen molar-refractivity contribution in [2.45, 2.75) is 19.6 Å². The van der Waals surface area contributed by atoms with Crippen LogP contribution in [0.15, 0.2) is 48.5 Å². The summed E-state index contributed by atoms with van der Waals surface area (Å²) in [6, 6.07) is 14.3. The van der Waals surface area contributed by atoms with Crippen molar-refractivity contribution < 1.29 is 29.2 Å². The lowest BCUT2D eigenvalue weighted by atomic mass is 10.3. The Morgan fingerprint density at radius 1 is 0.720 bits per heavy atom. The molecular formula is C19H24O6. The average molecular weight is 348 g/mol. The van der Waals surface area contributed by atoms with Gasteiger partial charge in [0.25, 0.3) is 0 Å². The van der Waals surface area contributed by atoms with Crippen molar-refractivity contribution in [2.24, 2.45) is 0 Å². The van der Waals surface area contributed by atoms with Crippen LogP contribution in [0.1, 0.15) is 13.8 Å². The minimum absolute atomic E-state index is 0.0472. The van der Waals surface area contributed by atoms with Gasteiger partial charge in [-0.1, -0.05) is 12.1 Å². The van der Waals surface area contributed by atoms with Crippen LogP contribution in [0, 0.1) is 0 Å². The third-order valence-electron chi connectivity index (χ3n) is 3.06. The van der Waals surface area contributed by atoms with Crippen molar-refractivity contribution in [3.8, 4) is 23.0 Å². The molecule has 2 N–H and O–H groups in total. The molecule has 0 amide bonds. The van der Waals surface area contributed by atoms with Crippen LogP contribution in [0.2, 0.25) is 0 Å². The summed E-state index contributed by atoms with van der Waals surface area (Å²) in [5.74, 6) is 1.48. The van der Waals surface area contributed by atoms with Crippen molar-refractivity contribution in [1.29, 1.82) is 0 Å². The number of hydrogen-bond acceptors (Lipinski definition) is 6. The van der Waals surface area contributed by atoms with Gasteiger partial charge in [0.2, 0.25) is 5.79 Å². The lowest BCUT2D eigenvalue weighted by Gasteiger charge is -2.27. The van der Waals surface area contributed by atoms with E-state index in [1.165, 1.54) is 0 Å². The van der Waals surface area contributed by atoms with E-state index in [2.05, 4.69) is 0 Å². The summed E-state index contributed by atoms with van der Waals surface area (Å²) in [5.41, 5.74) is 0. The number of rotatable bonds is 10. The standard InChI is InChI=1S/C19H24O6/c1-19(2,24-17-7-3-5-15(13-17)22-11-9-20)25-18-8-4-6-16(14-18)23-12-10-21/h3-8,13-14,20-21H,9-12H2,1-2H3. The maximum absolute atomic E-state index is 8.82. The Balaban J connectivity index is 2.01. The SMILES string of the molecule is CC(C)(Oc1cccc(OCCO)c1)Oc1cccc(OCCO)c1. The molecule has 0 aliphatic carbocycles. The minimum Gasteiger partial charge on any atom is -0.491 e. The molecule has 0 unspecified atom stereocenters. The summed E-state index contributed by atoms with van der Waals surface area (Å²) in [5, 5.41) is 17.6. The molecule has 2 aromatic carbocycles. The van der Waals surface area contributed by atoms with E-state index in [4.69, 9.17) is 29.2 Å². The third kappa shape index (κ3) is 6.52. The summed E-state index contributed by atoms with van der Waals surface area (Å²) in [7, 11) is 0. The third-order valence-corrected chi connectivity index (χ3v) is 3.06.